The first-order valence-corrected chi connectivity index (χ1v) is 8.71. The summed E-state index contributed by atoms with van der Waals surface area (Å²) in [4.78, 5) is 0. The number of hydrogen-bond acceptors (Lipinski definition) is 4. The van der Waals surface area contributed by atoms with E-state index in [1.165, 1.54) is 0 Å². The van der Waals surface area contributed by atoms with Gasteiger partial charge >= 0.3 is 0 Å². The maximum Gasteiger partial charge on any atom is 0.123 e. The van der Waals surface area contributed by atoms with Crippen LogP contribution in [0.1, 0.15) is 39.7 Å². The maximum atomic E-state index is 10.9. The van der Waals surface area contributed by atoms with Crippen molar-refractivity contribution in [3.63, 3.8) is 0 Å². The third kappa shape index (κ3) is 4.06. The van der Waals surface area contributed by atoms with Crippen LogP contribution in [-0.4, -0.2) is 39.2 Å². The molecule has 1 aromatic rings. The van der Waals surface area contributed by atoms with E-state index in [-0.39, 0.29) is 11.8 Å². The standard InChI is InChI=1S/C20H30O4/c1-13(2)11-20(23)17(21)10-16(14(3)4)18(19(20)22)24-12-15-8-6-5-7-9-15/h5-10,13-14,17-19,21-23H,11-12H2,1-4H3/t17-,18+,19+,20+/m0/s1. The van der Waals surface area contributed by atoms with Gasteiger partial charge in [-0.05, 0) is 29.4 Å². The molecule has 2 rings (SSSR count). The summed E-state index contributed by atoms with van der Waals surface area (Å²) < 4.78 is 5.99. The first-order chi connectivity index (χ1) is 11.3. The zero-order valence-electron chi connectivity index (χ0n) is 15.0. The molecule has 0 saturated carbocycles. The fourth-order valence-electron chi connectivity index (χ4n) is 3.40. The minimum Gasteiger partial charge on any atom is -0.387 e. The summed E-state index contributed by atoms with van der Waals surface area (Å²) in [5.41, 5.74) is 0.249. The first kappa shape index (κ1) is 19.1. The Hall–Kier alpha value is -1.20. The van der Waals surface area contributed by atoms with Crippen molar-refractivity contribution in [1.29, 1.82) is 0 Å². The number of aliphatic hydroxyl groups is 3. The van der Waals surface area contributed by atoms with Crippen LogP contribution in [0.2, 0.25) is 0 Å². The topological polar surface area (TPSA) is 69.9 Å². The molecule has 1 aliphatic carbocycles. The Morgan fingerprint density at radius 3 is 2.25 bits per heavy atom. The predicted octanol–water partition coefficient (Wildman–Crippen LogP) is 2.67. The summed E-state index contributed by atoms with van der Waals surface area (Å²) >= 11 is 0. The second kappa shape index (κ2) is 7.79. The molecule has 24 heavy (non-hydrogen) atoms. The average molecular weight is 334 g/mol. The summed E-state index contributed by atoms with van der Waals surface area (Å²) in [5, 5.41) is 32.2. The van der Waals surface area contributed by atoms with E-state index in [1.54, 1.807) is 6.08 Å². The lowest BCUT2D eigenvalue weighted by molar-refractivity contribution is -0.187. The van der Waals surface area contributed by atoms with Gasteiger partial charge in [-0.2, -0.15) is 0 Å². The minimum atomic E-state index is -1.59. The van der Waals surface area contributed by atoms with Gasteiger partial charge in [0.25, 0.3) is 0 Å². The van der Waals surface area contributed by atoms with E-state index >= 15 is 0 Å². The minimum absolute atomic E-state index is 0.110. The molecule has 0 fully saturated rings. The number of rotatable bonds is 6. The van der Waals surface area contributed by atoms with Crippen LogP contribution in [0.25, 0.3) is 0 Å². The van der Waals surface area contributed by atoms with Gasteiger partial charge in [-0.15, -0.1) is 0 Å². The molecule has 0 unspecified atom stereocenters. The molecule has 4 atom stereocenters. The van der Waals surface area contributed by atoms with Gasteiger partial charge in [-0.3, -0.25) is 0 Å². The summed E-state index contributed by atoms with van der Waals surface area (Å²) in [5.74, 6) is 0.252. The smallest absolute Gasteiger partial charge is 0.123 e. The number of hydrogen-bond donors (Lipinski definition) is 3. The first-order valence-electron chi connectivity index (χ1n) is 8.71. The Kier molecular flexibility index (Phi) is 6.21. The highest BCUT2D eigenvalue weighted by Gasteiger charge is 2.50. The predicted molar refractivity (Wildman–Crippen MR) is 94.4 cm³/mol. The Bertz CT molecular complexity index is 552. The zero-order valence-corrected chi connectivity index (χ0v) is 15.0. The summed E-state index contributed by atoms with van der Waals surface area (Å²) in [6.45, 7) is 8.26. The molecule has 134 valence electrons. The second-order valence-corrected chi connectivity index (χ2v) is 7.52. The van der Waals surface area contributed by atoms with Gasteiger partial charge in [0.1, 0.15) is 23.9 Å². The van der Waals surface area contributed by atoms with Gasteiger partial charge in [0.15, 0.2) is 0 Å². The number of benzene rings is 1. The molecular formula is C20H30O4. The quantitative estimate of drug-likeness (QED) is 0.700. The highest BCUT2D eigenvalue weighted by Crippen LogP contribution is 2.38. The van der Waals surface area contributed by atoms with Crippen LogP contribution in [0.5, 0.6) is 0 Å². The Balaban J connectivity index is 2.26. The molecule has 0 bridgehead atoms. The number of ether oxygens (including phenoxy) is 1. The summed E-state index contributed by atoms with van der Waals surface area (Å²) in [7, 11) is 0. The molecule has 1 aliphatic rings. The molecule has 1 aromatic carbocycles. The van der Waals surface area contributed by atoms with E-state index in [9.17, 15) is 15.3 Å². The van der Waals surface area contributed by atoms with Crippen molar-refractivity contribution >= 4 is 0 Å². The second-order valence-electron chi connectivity index (χ2n) is 7.52. The van der Waals surface area contributed by atoms with Crippen molar-refractivity contribution in [3.8, 4) is 0 Å². The van der Waals surface area contributed by atoms with Gasteiger partial charge in [0.2, 0.25) is 0 Å². The van der Waals surface area contributed by atoms with Crippen LogP contribution < -0.4 is 0 Å². The SMILES string of the molecule is CC(C)C[C@]1(O)[C@H](O)[C@H](OCc2ccccc2)C(C(C)C)=C[C@@H]1O. The van der Waals surface area contributed by atoms with Crippen molar-refractivity contribution in [2.75, 3.05) is 0 Å². The monoisotopic (exact) mass is 334 g/mol. The van der Waals surface area contributed by atoms with Crippen LogP contribution in [0.4, 0.5) is 0 Å². The van der Waals surface area contributed by atoms with Crippen LogP contribution >= 0.6 is 0 Å². The van der Waals surface area contributed by atoms with Gasteiger partial charge in [0, 0.05) is 0 Å². The van der Waals surface area contributed by atoms with Crippen molar-refractivity contribution < 1.29 is 20.1 Å². The molecule has 4 nitrogen and oxygen atoms in total. The van der Waals surface area contributed by atoms with Crippen molar-refractivity contribution in [1.82, 2.24) is 0 Å². The average Bonchev–Trinajstić information content (AvgIpc) is 2.52. The highest BCUT2D eigenvalue weighted by molar-refractivity contribution is 5.26. The van der Waals surface area contributed by atoms with Crippen LogP contribution in [-0.2, 0) is 11.3 Å². The lowest BCUT2D eigenvalue weighted by Crippen LogP contribution is -2.61. The highest BCUT2D eigenvalue weighted by atomic mass is 16.5. The van der Waals surface area contributed by atoms with Crippen molar-refractivity contribution in [2.45, 2.75) is 64.6 Å². The summed E-state index contributed by atoms with van der Waals surface area (Å²) in [6, 6.07) is 9.74. The lowest BCUT2D eigenvalue weighted by Gasteiger charge is -2.45. The van der Waals surface area contributed by atoms with Crippen molar-refractivity contribution in [3.05, 3.63) is 47.5 Å². The van der Waals surface area contributed by atoms with E-state index in [4.69, 9.17) is 4.74 Å². The molecule has 4 heteroatoms. The molecule has 0 aromatic heterocycles. The van der Waals surface area contributed by atoms with Crippen LogP contribution in [0, 0.1) is 11.8 Å². The largest absolute Gasteiger partial charge is 0.387 e. The molecule has 0 aliphatic heterocycles. The zero-order chi connectivity index (χ0) is 17.9. The third-order valence-electron chi connectivity index (χ3n) is 4.66. The van der Waals surface area contributed by atoms with Crippen LogP contribution in [0.3, 0.4) is 0 Å². The summed E-state index contributed by atoms with van der Waals surface area (Å²) in [6.07, 6.45) is -0.917. The maximum absolute atomic E-state index is 10.9. The molecule has 0 spiro atoms. The fourth-order valence-corrected chi connectivity index (χ4v) is 3.40. The van der Waals surface area contributed by atoms with E-state index in [0.29, 0.717) is 13.0 Å². The van der Waals surface area contributed by atoms with E-state index in [1.807, 2.05) is 58.0 Å². The molecule has 0 heterocycles. The third-order valence-corrected chi connectivity index (χ3v) is 4.66. The van der Waals surface area contributed by atoms with Gasteiger partial charge in [0.05, 0.1) is 6.61 Å². The van der Waals surface area contributed by atoms with Gasteiger partial charge < -0.3 is 20.1 Å². The number of aliphatic hydroxyl groups excluding tert-OH is 2. The van der Waals surface area contributed by atoms with Crippen LogP contribution in [0.15, 0.2) is 42.0 Å². The fraction of sp³-hybridized carbons (Fsp3) is 0.600. The normalized spacial score (nSPS) is 30.7. The Labute approximate surface area is 144 Å². The Morgan fingerprint density at radius 1 is 1.08 bits per heavy atom. The molecular weight excluding hydrogens is 304 g/mol. The lowest BCUT2D eigenvalue weighted by atomic mass is 9.72. The molecule has 3 N–H and O–H groups in total. The van der Waals surface area contributed by atoms with E-state index < -0.39 is 23.9 Å². The van der Waals surface area contributed by atoms with Crippen molar-refractivity contribution in [2.24, 2.45) is 11.8 Å². The van der Waals surface area contributed by atoms with E-state index in [2.05, 4.69) is 0 Å². The molecule has 0 amide bonds. The van der Waals surface area contributed by atoms with E-state index in [0.717, 1.165) is 11.1 Å². The van der Waals surface area contributed by atoms with Gasteiger partial charge in [-0.1, -0.05) is 64.1 Å². The molecule has 0 radical (unpaired) electrons. The Morgan fingerprint density at radius 2 is 1.71 bits per heavy atom. The molecule has 0 saturated heterocycles. The van der Waals surface area contributed by atoms with Gasteiger partial charge in [-0.25, -0.2) is 0 Å².